The average molecular weight is 1490 g/mol. The van der Waals surface area contributed by atoms with Gasteiger partial charge < -0.3 is 34.2 Å². The van der Waals surface area contributed by atoms with E-state index < -0.39 is 91.5 Å². The fourth-order valence-electron chi connectivity index (χ4n) is 10.7. The average Bonchev–Trinajstić information content (AvgIpc) is 0.924. The van der Waals surface area contributed by atoms with E-state index in [1.807, 2.05) is 0 Å². The first-order valence-electron chi connectivity index (χ1n) is 40.5. The lowest BCUT2D eigenvalue weighted by Gasteiger charge is -2.21. The highest BCUT2D eigenvalue weighted by Gasteiger charge is 2.29. The molecule has 0 aromatic heterocycles. The molecule has 0 aromatic rings. The van der Waals surface area contributed by atoms with Crippen LogP contribution in [0.15, 0.2) is 134 Å². The molecule has 0 rings (SSSR count). The van der Waals surface area contributed by atoms with E-state index >= 15 is 0 Å². The maximum Gasteiger partial charge on any atom is 0.472 e. The summed E-state index contributed by atoms with van der Waals surface area (Å²) in [4.78, 5) is 58.7. The number of hydrogen-bond acceptors (Lipinski definition) is 14. The maximum absolute atomic E-state index is 13.0. The summed E-state index contributed by atoms with van der Waals surface area (Å²) >= 11 is 0. The van der Waals surface area contributed by atoms with Gasteiger partial charge in [0.25, 0.3) is 0 Å². The molecule has 592 valence electrons. The van der Waals surface area contributed by atoms with Crippen LogP contribution in [-0.2, 0) is 55.8 Å². The largest absolute Gasteiger partial charge is 0.472 e. The third kappa shape index (κ3) is 78.6. The molecule has 0 spiro atoms. The first-order valence-corrected chi connectivity index (χ1v) is 43.5. The minimum Gasteiger partial charge on any atom is -0.463 e. The minimum absolute atomic E-state index is 0.0925. The van der Waals surface area contributed by atoms with Crippen LogP contribution in [0.1, 0.15) is 329 Å². The van der Waals surface area contributed by atoms with Gasteiger partial charge in [-0.15, -0.1) is 0 Å². The molecule has 0 saturated carbocycles. The number of unbranched alkanes of at least 4 members (excludes halogenated alkanes) is 31. The molecule has 0 saturated heterocycles. The minimum atomic E-state index is -4.93. The Balaban J connectivity index is 4.52. The number of carbonyl (C=O) groups excluding carboxylic acids is 3. The Morgan fingerprint density at radius 1 is 0.282 bits per heavy atom. The zero-order valence-electron chi connectivity index (χ0n) is 64.7. The lowest BCUT2D eigenvalue weighted by molar-refractivity contribution is -0.161. The van der Waals surface area contributed by atoms with Gasteiger partial charge in [-0.25, -0.2) is 9.13 Å². The van der Waals surface area contributed by atoms with Crippen LogP contribution in [0.5, 0.6) is 0 Å². The summed E-state index contributed by atoms with van der Waals surface area (Å²) in [5.41, 5.74) is 0. The monoisotopic (exact) mass is 1490 g/mol. The van der Waals surface area contributed by atoms with Crippen LogP contribution >= 0.6 is 15.6 Å². The Kier molecular flexibility index (Phi) is 74.1. The molecule has 0 aliphatic heterocycles. The van der Waals surface area contributed by atoms with Gasteiger partial charge in [0.2, 0.25) is 0 Å². The van der Waals surface area contributed by atoms with E-state index in [1.165, 1.54) is 109 Å². The number of hydrogen-bond donors (Lipinski definition) is 4. The summed E-state index contributed by atoms with van der Waals surface area (Å²) in [7, 11) is -9.79. The molecule has 0 bridgehead atoms. The summed E-state index contributed by atoms with van der Waals surface area (Å²) in [6.07, 6.45) is 93.6. The molecule has 0 aromatic carbocycles. The molecular formula is C85H146O16P2. The molecule has 0 heterocycles. The van der Waals surface area contributed by atoms with Gasteiger partial charge in [0.15, 0.2) is 6.10 Å². The second-order valence-electron chi connectivity index (χ2n) is 26.8. The molecular weight excluding hydrogens is 1340 g/mol. The van der Waals surface area contributed by atoms with Crippen molar-refractivity contribution in [3.63, 3.8) is 0 Å². The number of aliphatic hydroxyl groups excluding tert-OH is 2. The second kappa shape index (κ2) is 77.3. The molecule has 103 heavy (non-hydrogen) atoms. The van der Waals surface area contributed by atoms with E-state index in [4.69, 9.17) is 32.3 Å². The van der Waals surface area contributed by atoms with Gasteiger partial charge in [-0.05, 0) is 135 Å². The zero-order valence-corrected chi connectivity index (χ0v) is 66.5. The third-order valence-electron chi connectivity index (χ3n) is 16.8. The van der Waals surface area contributed by atoms with Crippen molar-refractivity contribution in [2.24, 2.45) is 0 Å². The highest BCUT2D eigenvalue weighted by atomic mass is 31.2. The Hall–Kier alpha value is -4.31. The van der Waals surface area contributed by atoms with Crippen molar-refractivity contribution in [3.8, 4) is 0 Å². The van der Waals surface area contributed by atoms with Crippen molar-refractivity contribution in [1.29, 1.82) is 0 Å². The Morgan fingerprint density at radius 2 is 0.515 bits per heavy atom. The van der Waals surface area contributed by atoms with Crippen LogP contribution in [0, 0.1) is 0 Å². The molecule has 5 atom stereocenters. The van der Waals surface area contributed by atoms with Gasteiger partial charge in [0.05, 0.1) is 26.4 Å². The van der Waals surface area contributed by atoms with E-state index in [-0.39, 0.29) is 19.3 Å². The van der Waals surface area contributed by atoms with E-state index in [2.05, 4.69) is 154 Å². The van der Waals surface area contributed by atoms with Crippen LogP contribution in [0.3, 0.4) is 0 Å². The van der Waals surface area contributed by atoms with Crippen molar-refractivity contribution < 1.29 is 75.8 Å². The predicted molar refractivity (Wildman–Crippen MR) is 426 cm³/mol. The SMILES string of the molecule is CC/C=C\C/C=C\C/C=C\C/C=C\C/C=C\CCCCCCCCCCCCCC(=O)OCC(O)COP(=O)(O)OCC(O)COP(=O)(O)OCC(COC(=O)CCCCCCCCCCCCC/C=C\C/C=C\C/C=C\C/C=C\C/C=C\CC)OC(=O)CCCCCCC/C=C\CCCCCC. The van der Waals surface area contributed by atoms with Crippen molar-refractivity contribution in [3.05, 3.63) is 134 Å². The van der Waals surface area contributed by atoms with Gasteiger partial charge in [0, 0.05) is 19.3 Å². The van der Waals surface area contributed by atoms with Crippen LogP contribution in [0.2, 0.25) is 0 Å². The first-order chi connectivity index (χ1) is 50.2. The van der Waals surface area contributed by atoms with Gasteiger partial charge in [-0.3, -0.25) is 32.5 Å². The van der Waals surface area contributed by atoms with Gasteiger partial charge >= 0.3 is 33.6 Å². The quantitative estimate of drug-likeness (QED) is 0.0146. The van der Waals surface area contributed by atoms with E-state index in [9.17, 15) is 43.5 Å². The maximum atomic E-state index is 13.0. The fraction of sp³-hybridized carbons (Fsp3) is 0.706. The summed E-state index contributed by atoms with van der Waals surface area (Å²) < 4.78 is 61.2. The second-order valence-corrected chi connectivity index (χ2v) is 29.7. The van der Waals surface area contributed by atoms with Crippen molar-refractivity contribution in [2.45, 2.75) is 347 Å². The normalized spacial score (nSPS) is 14.7. The molecule has 0 aliphatic rings. The Labute approximate surface area is 626 Å². The standard InChI is InChI=1S/C85H146O16P2/c1-4-7-10-13-16-19-22-25-27-29-31-33-35-37-39-41-43-45-47-49-51-54-56-59-62-65-68-71-83(88)95-74-80(86)75-97-102(91,92)98-76-81(87)77-99-103(93,94)100-79-82(101-85(90)73-70-67-64-61-58-53-24-21-18-15-12-9-6-3)78-96-84(89)72-69-66-63-60-57-55-52-50-48-46-44-42-40-38-36-34-32-30-28-26-23-20-17-14-11-8-5-2/h7-8,10-11,16-17,19-21,24-28,31-34,37-40,80-82,86-87H,4-6,9,12-15,18,22-23,29-30,35-36,41-79H2,1-3H3,(H,91,92)(H,93,94)/b10-7-,11-8-,19-16-,20-17-,24-21-,27-25-,28-26-,33-31-,34-32-,39-37-,40-38-. The first kappa shape index (κ1) is 98.7. The number of carbonyl (C=O) groups is 3. The number of aliphatic hydroxyl groups is 2. The van der Waals surface area contributed by atoms with Crippen LogP contribution in [-0.4, -0.2) is 95.9 Å². The Morgan fingerprint density at radius 3 is 0.825 bits per heavy atom. The number of phosphoric acid groups is 2. The number of rotatable bonds is 76. The molecule has 5 unspecified atom stereocenters. The third-order valence-corrected chi connectivity index (χ3v) is 18.7. The smallest absolute Gasteiger partial charge is 0.463 e. The highest BCUT2D eigenvalue weighted by Crippen LogP contribution is 2.45. The van der Waals surface area contributed by atoms with Crippen molar-refractivity contribution in [1.82, 2.24) is 0 Å². The summed E-state index contributed by atoms with van der Waals surface area (Å²) in [5.74, 6) is -1.59. The van der Waals surface area contributed by atoms with Gasteiger partial charge in [-0.1, -0.05) is 309 Å². The topological polar surface area (TPSA) is 231 Å². The van der Waals surface area contributed by atoms with Gasteiger partial charge in [0.1, 0.15) is 25.4 Å². The van der Waals surface area contributed by atoms with Crippen molar-refractivity contribution in [2.75, 3.05) is 39.6 Å². The molecule has 0 fully saturated rings. The van der Waals surface area contributed by atoms with Crippen molar-refractivity contribution >= 4 is 33.6 Å². The van der Waals surface area contributed by atoms with Crippen LogP contribution in [0.4, 0.5) is 0 Å². The number of ether oxygens (including phenoxy) is 3. The lowest BCUT2D eigenvalue weighted by Crippen LogP contribution is -2.30. The van der Waals surface area contributed by atoms with Crippen LogP contribution < -0.4 is 0 Å². The van der Waals surface area contributed by atoms with E-state index in [1.54, 1.807) is 0 Å². The fourth-order valence-corrected chi connectivity index (χ4v) is 12.3. The lowest BCUT2D eigenvalue weighted by atomic mass is 10.0. The number of phosphoric ester groups is 2. The summed E-state index contributed by atoms with van der Waals surface area (Å²) in [5, 5.41) is 20.6. The molecule has 4 N–H and O–H groups in total. The zero-order chi connectivity index (χ0) is 75.2. The Bertz CT molecular complexity index is 2410. The number of esters is 3. The number of allylic oxidation sites excluding steroid dienone is 22. The summed E-state index contributed by atoms with van der Waals surface area (Å²) in [6.45, 7) is 2.44. The summed E-state index contributed by atoms with van der Waals surface area (Å²) in [6, 6.07) is 0. The van der Waals surface area contributed by atoms with Gasteiger partial charge in [-0.2, -0.15) is 0 Å². The highest BCUT2D eigenvalue weighted by molar-refractivity contribution is 7.47. The molecule has 0 amide bonds. The molecule has 0 aliphatic carbocycles. The van der Waals surface area contributed by atoms with E-state index in [0.717, 1.165) is 161 Å². The molecule has 16 nitrogen and oxygen atoms in total. The van der Waals surface area contributed by atoms with E-state index in [0.29, 0.717) is 19.3 Å². The predicted octanol–water partition coefficient (Wildman–Crippen LogP) is 23.9. The molecule has 18 heteroatoms. The molecule has 0 radical (unpaired) electrons. The van der Waals surface area contributed by atoms with Crippen LogP contribution in [0.25, 0.3) is 0 Å².